The minimum absolute atomic E-state index is 0.0365. The zero-order valence-electron chi connectivity index (χ0n) is 10.2. The van der Waals surface area contributed by atoms with Gasteiger partial charge in [0.05, 0.1) is 6.61 Å². The molecule has 0 bridgehead atoms. The van der Waals surface area contributed by atoms with E-state index < -0.39 is 0 Å². The monoisotopic (exact) mass is 243 g/mol. The van der Waals surface area contributed by atoms with Crippen LogP contribution in [0.3, 0.4) is 0 Å². The van der Waals surface area contributed by atoms with E-state index in [9.17, 15) is 5.11 Å². The van der Waals surface area contributed by atoms with E-state index in [1.807, 2.05) is 6.92 Å². The van der Waals surface area contributed by atoms with Crippen LogP contribution in [0.2, 0.25) is 0 Å². The Morgan fingerprint density at radius 3 is 2.44 bits per heavy atom. The van der Waals surface area contributed by atoms with Crippen LogP contribution in [0.5, 0.6) is 0 Å². The molecule has 0 aromatic carbocycles. The first-order valence-corrected chi connectivity index (χ1v) is 6.42. The number of nitrogens with two attached hydrogens (primary N) is 1. The first-order chi connectivity index (χ1) is 7.58. The first-order valence-electron chi connectivity index (χ1n) is 5.65. The second kappa shape index (κ2) is 5.50. The lowest BCUT2D eigenvalue weighted by atomic mass is 9.83. The van der Waals surface area contributed by atoms with Crippen LogP contribution in [0.1, 0.15) is 32.3 Å². The molecule has 0 radical (unpaired) electrons. The number of nitrogen functional groups attached to an aromatic ring is 1. The van der Waals surface area contributed by atoms with E-state index in [0.717, 1.165) is 30.0 Å². The van der Waals surface area contributed by atoms with Crippen molar-refractivity contribution in [1.29, 1.82) is 0 Å². The van der Waals surface area contributed by atoms with Crippen LogP contribution in [0.25, 0.3) is 0 Å². The maximum atomic E-state index is 9.45. The molecule has 0 aliphatic carbocycles. The maximum absolute atomic E-state index is 9.45. The van der Waals surface area contributed by atoms with Gasteiger partial charge in [-0.15, -0.1) is 0 Å². The number of aromatic nitrogens is 1. The summed E-state index contributed by atoms with van der Waals surface area (Å²) in [6, 6.07) is 0. The maximum Gasteiger partial charge on any atom is 0.142 e. The van der Waals surface area contributed by atoms with Crippen molar-refractivity contribution in [2.45, 2.75) is 33.6 Å². The molecular formula is C11H21N3OS. The van der Waals surface area contributed by atoms with Crippen LogP contribution in [-0.2, 0) is 0 Å². The van der Waals surface area contributed by atoms with Crippen molar-refractivity contribution in [3.8, 4) is 0 Å². The largest absolute Gasteiger partial charge is 0.396 e. The molecule has 4 N–H and O–H groups in total. The molecule has 0 spiro atoms. The van der Waals surface area contributed by atoms with Gasteiger partial charge in [0.25, 0.3) is 0 Å². The average Bonchev–Trinajstić information content (AvgIpc) is 2.63. The molecule has 92 valence electrons. The first kappa shape index (κ1) is 13.3. The Morgan fingerprint density at radius 1 is 1.44 bits per heavy atom. The summed E-state index contributed by atoms with van der Waals surface area (Å²) in [5.74, 6) is 0.593. The van der Waals surface area contributed by atoms with Gasteiger partial charge in [0.2, 0.25) is 0 Å². The third-order valence-corrected chi connectivity index (χ3v) is 4.34. The molecule has 5 heteroatoms. The predicted octanol–water partition coefficient (Wildman–Crippen LogP) is 2.24. The summed E-state index contributed by atoms with van der Waals surface area (Å²) in [4.78, 5) is 0. The molecule has 1 aromatic rings. The van der Waals surface area contributed by atoms with Gasteiger partial charge in [0.15, 0.2) is 0 Å². The van der Waals surface area contributed by atoms with E-state index in [1.165, 1.54) is 11.5 Å². The summed E-state index contributed by atoms with van der Waals surface area (Å²) >= 11 is 1.38. The second-order valence-electron chi connectivity index (χ2n) is 4.24. The van der Waals surface area contributed by atoms with Crippen LogP contribution in [0, 0.1) is 12.3 Å². The minimum Gasteiger partial charge on any atom is -0.396 e. The normalized spacial score (nSPS) is 11.8. The van der Waals surface area contributed by atoms with Crippen LogP contribution < -0.4 is 11.1 Å². The van der Waals surface area contributed by atoms with Crippen LogP contribution in [0.15, 0.2) is 0 Å². The molecule has 0 saturated heterocycles. The van der Waals surface area contributed by atoms with Gasteiger partial charge in [0, 0.05) is 17.5 Å². The molecule has 0 aliphatic heterocycles. The van der Waals surface area contributed by atoms with Crippen molar-refractivity contribution >= 4 is 22.4 Å². The summed E-state index contributed by atoms with van der Waals surface area (Å²) < 4.78 is 4.09. The highest BCUT2D eigenvalue weighted by Crippen LogP contribution is 2.30. The molecule has 1 heterocycles. The topological polar surface area (TPSA) is 71.2 Å². The molecule has 4 nitrogen and oxygen atoms in total. The Bertz CT molecular complexity index is 326. The van der Waals surface area contributed by atoms with Crippen molar-refractivity contribution in [2.24, 2.45) is 5.41 Å². The van der Waals surface area contributed by atoms with Crippen LogP contribution >= 0.6 is 11.5 Å². The minimum atomic E-state index is -0.0365. The number of nitrogens with zero attached hydrogens (tertiary/aromatic N) is 1. The van der Waals surface area contributed by atoms with Crippen molar-refractivity contribution < 1.29 is 5.11 Å². The zero-order chi connectivity index (χ0) is 12.2. The van der Waals surface area contributed by atoms with Crippen molar-refractivity contribution in [2.75, 3.05) is 24.2 Å². The highest BCUT2D eigenvalue weighted by atomic mass is 32.1. The molecule has 0 saturated carbocycles. The highest BCUT2D eigenvalue weighted by Gasteiger charge is 2.25. The van der Waals surface area contributed by atoms with E-state index in [4.69, 9.17) is 5.73 Å². The van der Waals surface area contributed by atoms with Crippen LogP contribution in [-0.4, -0.2) is 22.6 Å². The molecule has 0 aliphatic rings. The SMILES string of the molecule is CCC(CC)(CO)CNc1snc(N)c1C. The second-order valence-corrected chi connectivity index (χ2v) is 5.01. The zero-order valence-corrected chi connectivity index (χ0v) is 11.0. The fourth-order valence-electron chi connectivity index (χ4n) is 1.56. The summed E-state index contributed by atoms with van der Waals surface area (Å²) in [5, 5.41) is 13.8. The summed E-state index contributed by atoms with van der Waals surface area (Å²) in [5.41, 5.74) is 6.65. The summed E-state index contributed by atoms with van der Waals surface area (Å²) in [7, 11) is 0. The molecule has 16 heavy (non-hydrogen) atoms. The Balaban J connectivity index is 2.66. The Kier molecular flexibility index (Phi) is 4.56. The summed E-state index contributed by atoms with van der Waals surface area (Å²) in [6.07, 6.45) is 1.92. The standard InChI is InChI=1S/C11H21N3OS/c1-4-11(5-2,7-15)6-13-10-8(3)9(12)14-16-10/h13,15H,4-7H2,1-3H3,(H2,12,14). The molecule has 0 amide bonds. The van der Waals surface area contributed by atoms with Gasteiger partial charge in [-0.2, -0.15) is 4.37 Å². The molecule has 1 rings (SSSR count). The quantitative estimate of drug-likeness (QED) is 0.716. The van der Waals surface area contributed by atoms with Crippen LogP contribution in [0.4, 0.5) is 10.8 Å². The van der Waals surface area contributed by atoms with E-state index >= 15 is 0 Å². The van der Waals surface area contributed by atoms with Gasteiger partial charge < -0.3 is 16.2 Å². The molecule has 0 unspecified atom stereocenters. The lowest BCUT2D eigenvalue weighted by Crippen LogP contribution is -2.32. The third-order valence-electron chi connectivity index (χ3n) is 3.42. The van der Waals surface area contributed by atoms with Gasteiger partial charge in [-0.05, 0) is 31.3 Å². The number of nitrogens with one attached hydrogen (secondary N) is 1. The lowest BCUT2D eigenvalue weighted by Gasteiger charge is -2.29. The van der Waals surface area contributed by atoms with Gasteiger partial charge >= 0.3 is 0 Å². The van der Waals surface area contributed by atoms with Crippen molar-refractivity contribution in [3.63, 3.8) is 0 Å². The molecule has 1 aromatic heterocycles. The van der Waals surface area contributed by atoms with E-state index in [1.54, 1.807) is 0 Å². The number of hydrogen-bond donors (Lipinski definition) is 3. The number of aliphatic hydroxyl groups excluding tert-OH is 1. The highest BCUT2D eigenvalue weighted by molar-refractivity contribution is 7.10. The smallest absolute Gasteiger partial charge is 0.142 e. The predicted molar refractivity (Wildman–Crippen MR) is 69.9 cm³/mol. The van der Waals surface area contributed by atoms with Gasteiger partial charge in [-0.1, -0.05) is 13.8 Å². The van der Waals surface area contributed by atoms with E-state index in [0.29, 0.717) is 5.82 Å². The van der Waals surface area contributed by atoms with Gasteiger partial charge in [-0.3, -0.25) is 0 Å². The fourth-order valence-corrected chi connectivity index (χ4v) is 2.26. The van der Waals surface area contributed by atoms with Crippen molar-refractivity contribution in [1.82, 2.24) is 4.37 Å². The van der Waals surface area contributed by atoms with E-state index in [2.05, 4.69) is 23.5 Å². The number of anilines is 2. The lowest BCUT2D eigenvalue weighted by molar-refractivity contribution is 0.127. The fraction of sp³-hybridized carbons (Fsp3) is 0.727. The molecule has 0 atom stereocenters. The number of rotatable bonds is 6. The van der Waals surface area contributed by atoms with Gasteiger partial charge in [-0.25, -0.2) is 0 Å². The average molecular weight is 243 g/mol. The molecular weight excluding hydrogens is 222 g/mol. The third kappa shape index (κ3) is 2.65. The Hall–Kier alpha value is -0.810. The van der Waals surface area contributed by atoms with Gasteiger partial charge in [0.1, 0.15) is 10.8 Å². The Labute approximate surface area is 101 Å². The Morgan fingerprint density at radius 2 is 2.06 bits per heavy atom. The van der Waals surface area contributed by atoms with E-state index in [-0.39, 0.29) is 12.0 Å². The van der Waals surface area contributed by atoms with Crippen molar-refractivity contribution in [3.05, 3.63) is 5.56 Å². The summed E-state index contributed by atoms with van der Waals surface area (Å²) in [6.45, 7) is 7.14. The number of aliphatic hydroxyl groups is 1. The number of hydrogen-bond acceptors (Lipinski definition) is 5. The molecule has 0 fully saturated rings.